The Labute approximate surface area is 173 Å². The molecule has 2 aromatic carbocycles. The summed E-state index contributed by atoms with van der Waals surface area (Å²) in [7, 11) is 0. The Balaban J connectivity index is 1.64. The van der Waals surface area contributed by atoms with Crippen LogP contribution in [-0.2, 0) is 12.0 Å². The van der Waals surface area contributed by atoms with Crippen molar-refractivity contribution in [2.24, 2.45) is 0 Å². The fourth-order valence-corrected chi connectivity index (χ4v) is 3.42. The number of nitrogens with zero attached hydrogens (tertiary/aromatic N) is 1. The van der Waals surface area contributed by atoms with Gasteiger partial charge in [0.05, 0.1) is 4.92 Å². The van der Waals surface area contributed by atoms with Crippen molar-refractivity contribution >= 4 is 28.6 Å². The number of amides is 1. The fraction of sp³-hybridized carbons (Fsp3) is 0.227. The van der Waals surface area contributed by atoms with E-state index in [1.54, 1.807) is 11.4 Å². The van der Waals surface area contributed by atoms with Crippen LogP contribution in [0.1, 0.15) is 41.6 Å². The summed E-state index contributed by atoms with van der Waals surface area (Å²) in [6, 6.07) is 15.7. The van der Waals surface area contributed by atoms with E-state index in [1.807, 2.05) is 12.1 Å². The molecule has 1 amide bonds. The topological polar surface area (TPSA) is 81.5 Å². The van der Waals surface area contributed by atoms with Crippen molar-refractivity contribution in [3.05, 3.63) is 86.1 Å². The first kappa shape index (κ1) is 20.5. The average Bonchev–Trinajstić information content (AvgIpc) is 3.15. The van der Waals surface area contributed by atoms with Crippen LogP contribution in [0.15, 0.2) is 60.0 Å². The third kappa shape index (κ3) is 5.20. The summed E-state index contributed by atoms with van der Waals surface area (Å²) >= 11 is 1.28. The second kappa shape index (κ2) is 8.45. The van der Waals surface area contributed by atoms with Gasteiger partial charge in [-0.05, 0) is 40.1 Å². The van der Waals surface area contributed by atoms with E-state index in [4.69, 9.17) is 4.74 Å². The molecule has 0 atom stereocenters. The number of hydrogen-bond donors (Lipinski definition) is 1. The summed E-state index contributed by atoms with van der Waals surface area (Å²) < 4.78 is 5.86. The highest BCUT2D eigenvalue weighted by Crippen LogP contribution is 2.28. The van der Waals surface area contributed by atoms with E-state index in [0.717, 1.165) is 5.56 Å². The Morgan fingerprint density at radius 3 is 2.31 bits per heavy atom. The standard InChI is InChI=1S/C22H22N2O4S/c1-22(2,3)16-6-4-15(5-7-16)14-28-19-12-13-29-20(19)21(25)23-17-8-10-18(11-9-17)24(26)27/h4-13H,14H2,1-3H3,(H,23,25). The van der Waals surface area contributed by atoms with E-state index < -0.39 is 4.92 Å². The van der Waals surface area contributed by atoms with Gasteiger partial charge in [0.2, 0.25) is 0 Å². The molecule has 1 heterocycles. The minimum absolute atomic E-state index is 0.0272. The molecule has 0 spiro atoms. The summed E-state index contributed by atoms with van der Waals surface area (Å²) in [6.07, 6.45) is 0. The van der Waals surface area contributed by atoms with Crippen molar-refractivity contribution in [2.45, 2.75) is 32.8 Å². The van der Waals surface area contributed by atoms with Crippen LogP contribution in [0, 0.1) is 10.1 Å². The van der Waals surface area contributed by atoms with Gasteiger partial charge in [0.15, 0.2) is 0 Å². The Morgan fingerprint density at radius 2 is 1.72 bits per heavy atom. The minimum atomic E-state index is -0.481. The number of thiophene rings is 1. The quantitative estimate of drug-likeness (QED) is 0.412. The van der Waals surface area contributed by atoms with Crippen LogP contribution in [0.3, 0.4) is 0 Å². The maximum absolute atomic E-state index is 12.6. The Kier molecular flexibility index (Phi) is 5.98. The first-order valence-corrected chi connectivity index (χ1v) is 9.97. The number of nitrogens with one attached hydrogen (secondary N) is 1. The number of ether oxygens (including phenoxy) is 1. The zero-order valence-corrected chi connectivity index (χ0v) is 17.3. The van der Waals surface area contributed by atoms with Crippen LogP contribution in [0.25, 0.3) is 0 Å². The molecule has 3 rings (SSSR count). The third-order valence-electron chi connectivity index (χ3n) is 4.39. The number of carbonyl (C=O) groups excluding carboxylic acids is 1. The molecule has 7 heteroatoms. The summed E-state index contributed by atoms with van der Waals surface area (Å²) in [6.45, 7) is 6.86. The molecule has 0 bridgehead atoms. The molecule has 0 saturated carbocycles. The van der Waals surface area contributed by atoms with Gasteiger partial charge >= 0.3 is 0 Å². The van der Waals surface area contributed by atoms with Gasteiger partial charge in [0.25, 0.3) is 11.6 Å². The lowest BCUT2D eigenvalue weighted by Crippen LogP contribution is -2.12. The Bertz CT molecular complexity index is 1000. The number of nitro benzene ring substituents is 1. The highest BCUT2D eigenvalue weighted by atomic mass is 32.1. The van der Waals surface area contributed by atoms with Crippen LogP contribution in [0.2, 0.25) is 0 Å². The molecule has 0 radical (unpaired) electrons. The van der Waals surface area contributed by atoms with Crippen molar-refractivity contribution in [2.75, 3.05) is 5.32 Å². The first-order chi connectivity index (χ1) is 13.7. The zero-order valence-electron chi connectivity index (χ0n) is 16.5. The predicted molar refractivity (Wildman–Crippen MR) is 115 cm³/mol. The lowest BCUT2D eigenvalue weighted by molar-refractivity contribution is -0.384. The summed E-state index contributed by atoms with van der Waals surface area (Å²) in [5.74, 6) is 0.196. The van der Waals surface area contributed by atoms with Gasteiger partial charge in [-0.3, -0.25) is 14.9 Å². The molecular weight excluding hydrogens is 388 g/mol. The van der Waals surface area contributed by atoms with Crippen LogP contribution >= 0.6 is 11.3 Å². The molecule has 0 aliphatic heterocycles. The zero-order chi connectivity index (χ0) is 21.0. The molecule has 3 aromatic rings. The monoisotopic (exact) mass is 410 g/mol. The molecule has 29 heavy (non-hydrogen) atoms. The summed E-state index contributed by atoms with van der Waals surface area (Å²) in [4.78, 5) is 23.3. The van der Waals surface area contributed by atoms with Gasteiger partial charge in [0.1, 0.15) is 17.2 Å². The van der Waals surface area contributed by atoms with E-state index in [9.17, 15) is 14.9 Å². The molecule has 0 fully saturated rings. The second-order valence-electron chi connectivity index (χ2n) is 7.61. The van der Waals surface area contributed by atoms with Crippen molar-refractivity contribution < 1.29 is 14.5 Å². The second-order valence-corrected chi connectivity index (χ2v) is 8.52. The maximum atomic E-state index is 12.6. The molecule has 0 aliphatic carbocycles. The molecule has 6 nitrogen and oxygen atoms in total. The molecular formula is C22H22N2O4S. The highest BCUT2D eigenvalue weighted by Gasteiger charge is 2.16. The smallest absolute Gasteiger partial charge is 0.269 e. The summed E-state index contributed by atoms with van der Waals surface area (Å²) in [5.41, 5.74) is 2.82. The lowest BCUT2D eigenvalue weighted by atomic mass is 9.87. The van der Waals surface area contributed by atoms with Crippen LogP contribution in [0.5, 0.6) is 5.75 Å². The normalized spacial score (nSPS) is 11.1. The van der Waals surface area contributed by atoms with Gasteiger partial charge in [-0.25, -0.2) is 0 Å². The number of carbonyl (C=O) groups is 1. The van der Waals surface area contributed by atoms with Gasteiger partial charge in [-0.1, -0.05) is 45.0 Å². The van der Waals surface area contributed by atoms with E-state index in [2.05, 4.69) is 38.2 Å². The molecule has 1 N–H and O–H groups in total. The highest BCUT2D eigenvalue weighted by molar-refractivity contribution is 7.12. The average molecular weight is 410 g/mol. The summed E-state index contributed by atoms with van der Waals surface area (Å²) in [5, 5.41) is 15.3. The van der Waals surface area contributed by atoms with E-state index in [-0.39, 0.29) is 17.0 Å². The van der Waals surface area contributed by atoms with Crippen molar-refractivity contribution in [1.82, 2.24) is 0 Å². The Hall–Kier alpha value is -3.19. The largest absolute Gasteiger partial charge is 0.487 e. The maximum Gasteiger partial charge on any atom is 0.269 e. The van der Waals surface area contributed by atoms with E-state index in [0.29, 0.717) is 22.9 Å². The molecule has 0 aliphatic rings. The number of hydrogen-bond acceptors (Lipinski definition) is 5. The number of rotatable bonds is 6. The first-order valence-electron chi connectivity index (χ1n) is 9.09. The lowest BCUT2D eigenvalue weighted by Gasteiger charge is -2.19. The van der Waals surface area contributed by atoms with Crippen LogP contribution in [-0.4, -0.2) is 10.8 Å². The number of anilines is 1. The van der Waals surface area contributed by atoms with Gasteiger partial charge in [0, 0.05) is 17.8 Å². The van der Waals surface area contributed by atoms with E-state index in [1.165, 1.54) is 41.2 Å². The molecule has 1 aromatic heterocycles. The van der Waals surface area contributed by atoms with Crippen molar-refractivity contribution in [3.8, 4) is 5.75 Å². The molecule has 150 valence electrons. The minimum Gasteiger partial charge on any atom is -0.487 e. The van der Waals surface area contributed by atoms with Crippen LogP contribution < -0.4 is 10.1 Å². The SMILES string of the molecule is CC(C)(C)c1ccc(COc2ccsc2C(=O)Nc2ccc([N+](=O)[O-])cc2)cc1. The van der Waals surface area contributed by atoms with Gasteiger partial charge in [-0.15, -0.1) is 11.3 Å². The Morgan fingerprint density at radius 1 is 1.07 bits per heavy atom. The number of non-ortho nitro benzene ring substituents is 1. The molecule has 0 unspecified atom stereocenters. The number of nitro groups is 1. The van der Waals surface area contributed by atoms with E-state index >= 15 is 0 Å². The van der Waals surface area contributed by atoms with Crippen molar-refractivity contribution in [3.63, 3.8) is 0 Å². The fourth-order valence-electron chi connectivity index (χ4n) is 2.69. The van der Waals surface area contributed by atoms with Crippen LogP contribution in [0.4, 0.5) is 11.4 Å². The van der Waals surface area contributed by atoms with Gasteiger partial charge < -0.3 is 10.1 Å². The predicted octanol–water partition coefficient (Wildman–Crippen LogP) is 5.79. The van der Waals surface area contributed by atoms with Gasteiger partial charge in [-0.2, -0.15) is 0 Å². The third-order valence-corrected chi connectivity index (χ3v) is 5.28. The molecule has 0 saturated heterocycles. The van der Waals surface area contributed by atoms with Crippen molar-refractivity contribution in [1.29, 1.82) is 0 Å². The number of benzene rings is 2.